The fraction of sp³-hybridized carbons (Fsp3) is 0.0833. The third-order valence-electron chi connectivity index (χ3n) is 2.18. The fourth-order valence-electron chi connectivity index (χ4n) is 1.36. The van der Waals surface area contributed by atoms with E-state index in [1.54, 1.807) is 29.5 Å². The van der Waals surface area contributed by atoms with E-state index >= 15 is 0 Å². The highest BCUT2D eigenvalue weighted by Gasteiger charge is 2.03. The molecule has 0 unspecified atom stereocenters. The van der Waals surface area contributed by atoms with E-state index in [9.17, 15) is 0 Å². The molecule has 2 rings (SSSR count). The standard InChI is InChI=1S/C12H8BrClN2S/c13-12-4-2-9(17-12)7-16-11-5-8(6-15)1-3-10(11)14/h1-5,16H,7H2. The number of halogens is 2. The predicted octanol–water partition coefficient (Wildman–Crippen LogP) is 4.65. The van der Waals surface area contributed by atoms with Gasteiger partial charge in [-0.15, -0.1) is 11.3 Å². The summed E-state index contributed by atoms with van der Waals surface area (Å²) < 4.78 is 1.10. The van der Waals surface area contributed by atoms with Gasteiger partial charge in [0.05, 0.1) is 26.1 Å². The van der Waals surface area contributed by atoms with Crippen LogP contribution in [-0.4, -0.2) is 0 Å². The second kappa shape index (κ2) is 5.54. The first-order valence-corrected chi connectivity index (χ1v) is 6.85. The first-order chi connectivity index (χ1) is 8.19. The monoisotopic (exact) mass is 326 g/mol. The number of nitrogens with one attached hydrogen (secondary N) is 1. The maximum absolute atomic E-state index is 8.82. The summed E-state index contributed by atoms with van der Waals surface area (Å²) in [6.45, 7) is 0.699. The number of rotatable bonds is 3. The van der Waals surface area contributed by atoms with Crippen LogP contribution in [0.2, 0.25) is 5.02 Å². The van der Waals surface area contributed by atoms with Crippen LogP contribution in [0, 0.1) is 11.3 Å². The highest BCUT2D eigenvalue weighted by Crippen LogP contribution is 2.26. The SMILES string of the molecule is N#Cc1ccc(Cl)c(NCc2ccc(Br)s2)c1. The predicted molar refractivity (Wildman–Crippen MR) is 75.5 cm³/mol. The molecule has 1 heterocycles. The minimum Gasteiger partial charge on any atom is -0.379 e. The number of nitriles is 1. The Kier molecular flexibility index (Phi) is 4.06. The lowest BCUT2D eigenvalue weighted by atomic mass is 10.2. The van der Waals surface area contributed by atoms with E-state index in [0.717, 1.165) is 9.47 Å². The van der Waals surface area contributed by atoms with Gasteiger partial charge in [0.15, 0.2) is 0 Å². The average molecular weight is 328 g/mol. The van der Waals surface area contributed by atoms with Gasteiger partial charge in [-0.25, -0.2) is 0 Å². The molecule has 2 aromatic rings. The van der Waals surface area contributed by atoms with E-state index in [0.29, 0.717) is 17.1 Å². The Morgan fingerprint density at radius 1 is 1.35 bits per heavy atom. The van der Waals surface area contributed by atoms with Gasteiger partial charge >= 0.3 is 0 Å². The molecule has 1 aromatic heterocycles. The van der Waals surface area contributed by atoms with E-state index in [1.165, 1.54) is 4.88 Å². The molecule has 17 heavy (non-hydrogen) atoms. The van der Waals surface area contributed by atoms with Crippen molar-refractivity contribution in [2.24, 2.45) is 0 Å². The zero-order valence-corrected chi connectivity index (χ0v) is 11.9. The van der Waals surface area contributed by atoms with Crippen molar-refractivity contribution in [3.63, 3.8) is 0 Å². The average Bonchev–Trinajstić information content (AvgIpc) is 2.74. The lowest BCUT2D eigenvalue weighted by Crippen LogP contribution is -1.98. The van der Waals surface area contributed by atoms with Gasteiger partial charge in [0.2, 0.25) is 0 Å². The zero-order valence-electron chi connectivity index (χ0n) is 8.71. The number of benzene rings is 1. The number of thiophene rings is 1. The van der Waals surface area contributed by atoms with Crippen LogP contribution in [0.4, 0.5) is 5.69 Å². The normalized spacial score (nSPS) is 9.94. The molecule has 0 saturated carbocycles. The van der Waals surface area contributed by atoms with Gasteiger partial charge < -0.3 is 5.32 Å². The fourth-order valence-corrected chi connectivity index (χ4v) is 2.97. The zero-order chi connectivity index (χ0) is 12.3. The summed E-state index contributed by atoms with van der Waals surface area (Å²) in [6.07, 6.45) is 0. The maximum Gasteiger partial charge on any atom is 0.0992 e. The lowest BCUT2D eigenvalue weighted by Gasteiger charge is -2.07. The van der Waals surface area contributed by atoms with Gasteiger partial charge in [-0.2, -0.15) is 5.26 Å². The first kappa shape index (κ1) is 12.4. The van der Waals surface area contributed by atoms with Crippen molar-refractivity contribution in [3.05, 3.63) is 49.6 Å². The minimum absolute atomic E-state index is 0.601. The Bertz CT molecular complexity index is 574. The molecule has 1 N–H and O–H groups in total. The molecule has 0 aliphatic heterocycles. The second-order valence-corrected chi connectivity index (χ2v) is 6.32. The van der Waals surface area contributed by atoms with Crippen LogP contribution in [0.15, 0.2) is 34.1 Å². The van der Waals surface area contributed by atoms with E-state index in [1.807, 2.05) is 12.1 Å². The second-order valence-electron chi connectivity index (χ2n) is 3.37. The van der Waals surface area contributed by atoms with Gasteiger partial charge in [-0.3, -0.25) is 0 Å². The van der Waals surface area contributed by atoms with Crippen LogP contribution in [0.5, 0.6) is 0 Å². The third kappa shape index (κ3) is 3.22. The smallest absolute Gasteiger partial charge is 0.0992 e. The van der Waals surface area contributed by atoms with E-state index < -0.39 is 0 Å². The van der Waals surface area contributed by atoms with Crippen molar-refractivity contribution in [3.8, 4) is 6.07 Å². The van der Waals surface area contributed by atoms with Gasteiger partial charge in [-0.05, 0) is 46.3 Å². The van der Waals surface area contributed by atoms with Crippen LogP contribution < -0.4 is 5.32 Å². The molecule has 0 fully saturated rings. The van der Waals surface area contributed by atoms with Crippen molar-refractivity contribution in [2.75, 3.05) is 5.32 Å². The Hall–Kier alpha value is -1.02. The third-order valence-corrected chi connectivity index (χ3v) is 4.13. The molecule has 0 amide bonds. The number of anilines is 1. The molecule has 0 saturated heterocycles. The Morgan fingerprint density at radius 3 is 2.82 bits per heavy atom. The van der Waals surface area contributed by atoms with E-state index in [-0.39, 0.29) is 0 Å². The van der Waals surface area contributed by atoms with Crippen LogP contribution in [-0.2, 0) is 6.54 Å². The summed E-state index contributed by atoms with van der Waals surface area (Å²) in [5, 5.41) is 12.7. The molecule has 5 heteroatoms. The highest BCUT2D eigenvalue weighted by atomic mass is 79.9. The van der Waals surface area contributed by atoms with Crippen LogP contribution >= 0.6 is 38.9 Å². The highest BCUT2D eigenvalue weighted by molar-refractivity contribution is 9.11. The molecule has 0 radical (unpaired) electrons. The van der Waals surface area contributed by atoms with Gasteiger partial charge in [-0.1, -0.05) is 11.6 Å². The molecule has 0 bridgehead atoms. The quantitative estimate of drug-likeness (QED) is 0.891. The van der Waals surface area contributed by atoms with E-state index in [4.69, 9.17) is 16.9 Å². The largest absolute Gasteiger partial charge is 0.379 e. The van der Waals surface area contributed by atoms with Gasteiger partial charge in [0.25, 0.3) is 0 Å². The Balaban J connectivity index is 2.11. The van der Waals surface area contributed by atoms with E-state index in [2.05, 4.69) is 27.3 Å². The topological polar surface area (TPSA) is 35.8 Å². The molecule has 0 spiro atoms. The molecular weight excluding hydrogens is 320 g/mol. The minimum atomic E-state index is 0.601. The summed E-state index contributed by atoms with van der Waals surface area (Å²) in [5.41, 5.74) is 1.39. The van der Waals surface area contributed by atoms with Crippen LogP contribution in [0.25, 0.3) is 0 Å². The molecule has 2 nitrogen and oxygen atoms in total. The summed E-state index contributed by atoms with van der Waals surface area (Å²) >= 11 is 11.1. The summed E-state index contributed by atoms with van der Waals surface area (Å²) in [7, 11) is 0. The molecule has 86 valence electrons. The Morgan fingerprint density at radius 2 is 2.18 bits per heavy atom. The van der Waals surface area contributed by atoms with Crippen molar-refractivity contribution in [2.45, 2.75) is 6.54 Å². The van der Waals surface area contributed by atoms with Crippen molar-refractivity contribution in [1.29, 1.82) is 5.26 Å². The first-order valence-electron chi connectivity index (χ1n) is 4.87. The van der Waals surface area contributed by atoms with Crippen LogP contribution in [0.1, 0.15) is 10.4 Å². The summed E-state index contributed by atoms with van der Waals surface area (Å²) in [5.74, 6) is 0. The summed E-state index contributed by atoms with van der Waals surface area (Å²) in [4.78, 5) is 1.20. The van der Waals surface area contributed by atoms with Crippen LogP contribution in [0.3, 0.4) is 0 Å². The maximum atomic E-state index is 8.82. The van der Waals surface area contributed by atoms with Crippen molar-refractivity contribution < 1.29 is 0 Å². The number of hydrogen-bond donors (Lipinski definition) is 1. The number of hydrogen-bond acceptors (Lipinski definition) is 3. The lowest BCUT2D eigenvalue weighted by molar-refractivity contribution is 1.19. The molecule has 0 atom stereocenters. The molecule has 0 aliphatic rings. The molecule has 1 aromatic carbocycles. The van der Waals surface area contributed by atoms with Gasteiger partial charge in [0, 0.05) is 11.4 Å². The Labute approximate surface area is 117 Å². The van der Waals surface area contributed by atoms with Crippen molar-refractivity contribution >= 4 is 44.6 Å². The summed E-state index contributed by atoms with van der Waals surface area (Å²) in [6, 6.07) is 11.3. The van der Waals surface area contributed by atoms with Gasteiger partial charge in [0.1, 0.15) is 0 Å². The molecular formula is C12H8BrClN2S. The number of nitrogens with zero attached hydrogens (tertiary/aromatic N) is 1. The van der Waals surface area contributed by atoms with Crippen molar-refractivity contribution in [1.82, 2.24) is 0 Å². The molecule has 0 aliphatic carbocycles.